The zero-order chi connectivity index (χ0) is 24.5. The largest absolute Gasteiger partial charge is 0.481 e. The molecule has 2 N–H and O–H groups in total. The SMILES string of the molecule is Cc1nn(Cc2ccc(Cl)cc2)c2sc(C(=O)N[C@@H](CC(=O)O)c3ccc4ccccc4c3)cc12. The Bertz CT molecular complexity index is 1560. The van der Waals surface area contributed by atoms with Gasteiger partial charge in [0.05, 0.1) is 29.6 Å². The normalized spacial score (nSPS) is 12.2. The van der Waals surface area contributed by atoms with Crippen LogP contribution in [0.25, 0.3) is 21.0 Å². The van der Waals surface area contributed by atoms with Crippen molar-refractivity contribution < 1.29 is 14.7 Å². The number of aromatic nitrogens is 2. The molecule has 1 amide bonds. The summed E-state index contributed by atoms with van der Waals surface area (Å²) in [5.41, 5.74) is 2.64. The van der Waals surface area contributed by atoms with Crippen LogP contribution in [0.5, 0.6) is 0 Å². The molecule has 3 aromatic carbocycles. The van der Waals surface area contributed by atoms with Crippen molar-refractivity contribution in [3.05, 3.63) is 99.5 Å². The zero-order valence-electron chi connectivity index (χ0n) is 18.9. The predicted molar refractivity (Wildman–Crippen MR) is 139 cm³/mol. The molecule has 0 saturated heterocycles. The van der Waals surface area contributed by atoms with E-state index in [-0.39, 0.29) is 12.3 Å². The molecule has 5 aromatic rings. The number of aliphatic carboxylic acids is 1. The number of thiophene rings is 1. The van der Waals surface area contributed by atoms with Gasteiger partial charge in [-0.15, -0.1) is 11.3 Å². The van der Waals surface area contributed by atoms with Crippen molar-refractivity contribution in [2.24, 2.45) is 0 Å². The number of carboxylic acids is 1. The highest BCUT2D eigenvalue weighted by Crippen LogP contribution is 2.30. The number of carboxylic acid groups (broad SMARTS) is 1. The minimum absolute atomic E-state index is 0.210. The van der Waals surface area contributed by atoms with Gasteiger partial charge < -0.3 is 10.4 Å². The van der Waals surface area contributed by atoms with E-state index in [2.05, 4.69) is 10.4 Å². The molecule has 0 fully saturated rings. The van der Waals surface area contributed by atoms with Crippen molar-refractivity contribution in [1.82, 2.24) is 15.1 Å². The van der Waals surface area contributed by atoms with Gasteiger partial charge in [-0.05, 0) is 53.1 Å². The minimum Gasteiger partial charge on any atom is -0.481 e. The Morgan fingerprint density at radius 2 is 1.80 bits per heavy atom. The van der Waals surface area contributed by atoms with Gasteiger partial charge in [0.1, 0.15) is 4.83 Å². The number of nitrogens with zero attached hydrogens (tertiary/aromatic N) is 2. The molecule has 6 nitrogen and oxygen atoms in total. The number of aryl methyl sites for hydroxylation is 1. The molecule has 0 bridgehead atoms. The van der Waals surface area contributed by atoms with Crippen LogP contribution in [-0.4, -0.2) is 26.8 Å². The lowest BCUT2D eigenvalue weighted by Gasteiger charge is -2.17. The summed E-state index contributed by atoms with van der Waals surface area (Å²) in [6, 6.07) is 22.4. The van der Waals surface area contributed by atoms with Gasteiger partial charge in [-0.3, -0.25) is 14.3 Å². The molecule has 0 radical (unpaired) electrons. The molecule has 0 aliphatic carbocycles. The maximum Gasteiger partial charge on any atom is 0.305 e. The summed E-state index contributed by atoms with van der Waals surface area (Å²) in [6.45, 7) is 2.47. The zero-order valence-corrected chi connectivity index (χ0v) is 20.4. The Balaban J connectivity index is 1.42. The molecule has 35 heavy (non-hydrogen) atoms. The average molecular weight is 504 g/mol. The number of nitrogens with one attached hydrogen (secondary N) is 1. The van der Waals surface area contributed by atoms with Gasteiger partial charge in [0.25, 0.3) is 5.91 Å². The molecule has 0 unspecified atom stereocenters. The van der Waals surface area contributed by atoms with Crippen LogP contribution in [0.3, 0.4) is 0 Å². The second-order valence-corrected chi connectivity index (χ2v) is 9.90. The summed E-state index contributed by atoms with van der Waals surface area (Å²) in [6.07, 6.45) is -0.210. The Hall–Kier alpha value is -3.68. The number of hydrogen-bond acceptors (Lipinski definition) is 4. The first-order valence-corrected chi connectivity index (χ1v) is 12.3. The lowest BCUT2D eigenvalue weighted by atomic mass is 9.99. The van der Waals surface area contributed by atoms with Crippen LogP contribution >= 0.6 is 22.9 Å². The van der Waals surface area contributed by atoms with Gasteiger partial charge in [0.2, 0.25) is 0 Å². The van der Waals surface area contributed by atoms with Gasteiger partial charge in [0, 0.05) is 10.4 Å². The van der Waals surface area contributed by atoms with Gasteiger partial charge in [-0.25, -0.2) is 0 Å². The van der Waals surface area contributed by atoms with Crippen molar-refractivity contribution in [2.75, 3.05) is 0 Å². The fourth-order valence-corrected chi connectivity index (χ4v) is 5.37. The third-order valence-corrected chi connectivity index (χ3v) is 7.34. The monoisotopic (exact) mass is 503 g/mol. The van der Waals surface area contributed by atoms with E-state index in [0.717, 1.165) is 37.8 Å². The second-order valence-electron chi connectivity index (χ2n) is 8.43. The lowest BCUT2D eigenvalue weighted by molar-refractivity contribution is -0.137. The van der Waals surface area contributed by atoms with Gasteiger partial charge in [-0.1, -0.05) is 60.1 Å². The quantitative estimate of drug-likeness (QED) is 0.276. The molecule has 0 spiro atoms. The Morgan fingerprint density at radius 1 is 1.06 bits per heavy atom. The summed E-state index contributed by atoms with van der Waals surface area (Å²) >= 11 is 7.35. The third kappa shape index (κ3) is 4.92. The van der Waals surface area contributed by atoms with Crippen molar-refractivity contribution in [1.29, 1.82) is 0 Å². The van der Waals surface area contributed by atoms with E-state index in [1.807, 2.05) is 84.4 Å². The van der Waals surface area contributed by atoms with E-state index < -0.39 is 12.0 Å². The molecule has 2 heterocycles. The van der Waals surface area contributed by atoms with Crippen molar-refractivity contribution >= 4 is 55.8 Å². The third-order valence-electron chi connectivity index (χ3n) is 5.94. The fraction of sp³-hybridized carbons (Fsp3) is 0.148. The summed E-state index contributed by atoms with van der Waals surface area (Å²) in [7, 11) is 0. The molecule has 0 aliphatic rings. The molecular weight excluding hydrogens is 482 g/mol. The van der Waals surface area contributed by atoms with Crippen LogP contribution in [-0.2, 0) is 11.3 Å². The smallest absolute Gasteiger partial charge is 0.305 e. The maximum atomic E-state index is 13.2. The van der Waals surface area contributed by atoms with Crippen molar-refractivity contribution in [2.45, 2.75) is 25.9 Å². The Morgan fingerprint density at radius 3 is 2.54 bits per heavy atom. The van der Waals surface area contributed by atoms with E-state index in [0.29, 0.717) is 16.4 Å². The maximum absolute atomic E-state index is 13.2. The first kappa shape index (κ1) is 23.1. The number of benzene rings is 3. The van der Waals surface area contributed by atoms with Gasteiger partial charge in [-0.2, -0.15) is 5.10 Å². The lowest BCUT2D eigenvalue weighted by Crippen LogP contribution is -2.29. The summed E-state index contributed by atoms with van der Waals surface area (Å²) in [5, 5.41) is 20.7. The van der Waals surface area contributed by atoms with E-state index >= 15 is 0 Å². The molecular formula is C27H22ClN3O3S. The molecule has 5 rings (SSSR count). The van der Waals surface area contributed by atoms with E-state index in [1.165, 1.54) is 11.3 Å². The van der Waals surface area contributed by atoms with Crippen LogP contribution in [0, 0.1) is 6.92 Å². The summed E-state index contributed by atoms with van der Waals surface area (Å²) in [4.78, 5) is 26.2. The number of carbonyl (C=O) groups excluding carboxylic acids is 1. The predicted octanol–water partition coefficient (Wildman–Crippen LogP) is 6.21. The van der Waals surface area contributed by atoms with Crippen molar-refractivity contribution in [3.8, 4) is 0 Å². The summed E-state index contributed by atoms with van der Waals surface area (Å²) in [5.74, 6) is -1.28. The molecule has 1 atom stereocenters. The molecule has 0 saturated carbocycles. The van der Waals surface area contributed by atoms with Crippen molar-refractivity contribution in [3.63, 3.8) is 0 Å². The van der Waals surface area contributed by atoms with E-state index in [1.54, 1.807) is 0 Å². The number of rotatable bonds is 7. The molecule has 8 heteroatoms. The standard InChI is InChI=1S/C27H22ClN3O3S/c1-16-22-13-24(35-27(22)31(30-16)15-17-6-10-21(28)11-7-17)26(34)29-23(14-25(32)33)20-9-8-18-4-2-3-5-19(18)12-20/h2-13,23H,14-15H2,1H3,(H,29,34)(H,32,33)/t23-/m0/s1. The van der Waals surface area contributed by atoms with Crippen LogP contribution in [0.15, 0.2) is 72.8 Å². The van der Waals surface area contributed by atoms with E-state index in [4.69, 9.17) is 11.6 Å². The highest BCUT2D eigenvalue weighted by Gasteiger charge is 2.22. The van der Waals surface area contributed by atoms with Crippen LogP contribution in [0.2, 0.25) is 5.02 Å². The number of halogens is 1. The molecule has 176 valence electrons. The van der Waals surface area contributed by atoms with Gasteiger partial charge >= 0.3 is 5.97 Å². The topological polar surface area (TPSA) is 84.2 Å². The highest BCUT2D eigenvalue weighted by atomic mass is 35.5. The second kappa shape index (κ2) is 9.52. The number of carbonyl (C=O) groups is 2. The first-order chi connectivity index (χ1) is 16.9. The Labute approximate surface area is 210 Å². The molecule has 2 aromatic heterocycles. The number of fused-ring (bicyclic) bond motifs is 2. The fourth-order valence-electron chi connectivity index (χ4n) is 4.18. The van der Waals surface area contributed by atoms with Crippen LogP contribution < -0.4 is 5.32 Å². The number of hydrogen-bond donors (Lipinski definition) is 2. The van der Waals surface area contributed by atoms with Crippen LogP contribution in [0.1, 0.15) is 39.0 Å². The minimum atomic E-state index is -0.978. The van der Waals surface area contributed by atoms with E-state index in [9.17, 15) is 14.7 Å². The molecule has 0 aliphatic heterocycles. The average Bonchev–Trinajstić information content (AvgIpc) is 3.41. The summed E-state index contributed by atoms with van der Waals surface area (Å²) < 4.78 is 1.88. The van der Waals surface area contributed by atoms with Gasteiger partial charge in [0.15, 0.2) is 0 Å². The number of amides is 1. The Kier molecular flexibility index (Phi) is 6.28. The highest BCUT2D eigenvalue weighted by molar-refractivity contribution is 7.20. The first-order valence-electron chi connectivity index (χ1n) is 11.1. The van der Waals surface area contributed by atoms with Crippen LogP contribution in [0.4, 0.5) is 0 Å².